The van der Waals surface area contributed by atoms with Gasteiger partial charge in [-0.2, -0.15) is 4.72 Å². The first-order valence-corrected chi connectivity index (χ1v) is 10.6. The summed E-state index contributed by atoms with van der Waals surface area (Å²) < 4.78 is 38.8. The molecule has 0 aliphatic carbocycles. The van der Waals surface area contributed by atoms with Crippen LogP contribution >= 0.6 is 0 Å². The van der Waals surface area contributed by atoms with Crippen LogP contribution < -0.4 is 19.5 Å². The molecule has 1 heterocycles. The number of sulfonamides is 1. The average molecular weight is 412 g/mol. The molecule has 0 aromatic heterocycles. The SMILES string of the molecule is C[C@H](NS(=O)(=O)c1ccc2ccccc2c1)C(=O)Nc1ccc2c(c1)OCCO2. The van der Waals surface area contributed by atoms with Gasteiger partial charge >= 0.3 is 0 Å². The molecule has 0 saturated carbocycles. The number of carbonyl (C=O) groups excluding carboxylic acids is 1. The molecule has 8 heteroatoms. The van der Waals surface area contributed by atoms with E-state index in [-0.39, 0.29) is 4.90 Å². The lowest BCUT2D eigenvalue weighted by Crippen LogP contribution is -2.41. The molecule has 3 aromatic rings. The highest BCUT2D eigenvalue weighted by Gasteiger charge is 2.23. The quantitative estimate of drug-likeness (QED) is 0.672. The van der Waals surface area contributed by atoms with Crippen molar-refractivity contribution in [2.45, 2.75) is 17.9 Å². The van der Waals surface area contributed by atoms with Gasteiger partial charge in [-0.15, -0.1) is 0 Å². The Balaban J connectivity index is 1.47. The molecule has 1 aliphatic heterocycles. The molecule has 0 fully saturated rings. The highest BCUT2D eigenvalue weighted by Crippen LogP contribution is 2.32. The average Bonchev–Trinajstić information content (AvgIpc) is 2.73. The molecule has 0 bridgehead atoms. The zero-order chi connectivity index (χ0) is 20.4. The Morgan fingerprint density at radius 2 is 1.66 bits per heavy atom. The lowest BCUT2D eigenvalue weighted by atomic mass is 10.1. The van der Waals surface area contributed by atoms with E-state index in [4.69, 9.17) is 9.47 Å². The molecular weight excluding hydrogens is 392 g/mol. The molecule has 0 unspecified atom stereocenters. The van der Waals surface area contributed by atoms with Crippen molar-refractivity contribution in [2.24, 2.45) is 0 Å². The van der Waals surface area contributed by atoms with Gasteiger partial charge in [0.05, 0.1) is 10.9 Å². The number of nitrogens with one attached hydrogen (secondary N) is 2. The Bertz CT molecular complexity index is 1180. The third kappa shape index (κ3) is 4.18. The number of ether oxygens (including phenoxy) is 2. The molecule has 150 valence electrons. The highest BCUT2D eigenvalue weighted by molar-refractivity contribution is 7.89. The van der Waals surface area contributed by atoms with Crippen molar-refractivity contribution in [2.75, 3.05) is 18.5 Å². The normalized spacial score (nSPS) is 14.4. The molecule has 0 radical (unpaired) electrons. The van der Waals surface area contributed by atoms with E-state index in [1.807, 2.05) is 24.3 Å². The maximum absolute atomic E-state index is 12.7. The van der Waals surface area contributed by atoms with Crippen LogP contribution in [0.5, 0.6) is 11.5 Å². The first-order chi connectivity index (χ1) is 13.9. The van der Waals surface area contributed by atoms with Gasteiger partial charge in [0.2, 0.25) is 15.9 Å². The fourth-order valence-corrected chi connectivity index (χ4v) is 4.30. The van der Waals surface area contributed by atoms with E-state index >= 15 is 0 Å². The molecule has 4 rings (SSSR count). The van der Waals surface area contributed by atoms with E-state index < -0.39 is 22.0 Å². The number of rotatable bonds is 5. The van der Waals surface area contributed by atoms with Crippen molar-refractivity contribution in [3.8, 4) is 11.5 Å². The minimum atomic E-state index is -3.86. The van der Waals surface area contributed by atoms with Crippen LogP contribution in [0, 0.1) is 0 Å². The summed E-state index contributed by atoms with van der Waals surface area (Å²) in [5.41, 5.74) is 0.496. The minimum Gasteiger partial charge on any atom is -0.486 e. The van der Waals surface area contributed by atoms with E-state index in [0.717, 1.165) is 10.8 Å². The van der Waals surface area contributed by atoms with Crippen LogP contribution in [0.25, 0.3) is 10.8 Å². The number of fused-ring (bicyclic) bond motifs is 2. The summed E-state index contributed by atoms with van der Waals surface area (Å²) in [4.78, 5) is 12.6. The van der Waals surface area contributed by atoms with Crippen LogP contribution in [-0.2, 0) is 14.8 Å². The first kappa shape index (κ1) is 19.2. The van der Waals surface area contributed by atoms with Crippen molar-refractivity contribution in [1.29, 1.82) is 0 Å². The van der Waals surface area contributed by atoms with E-state index in [1.54, 1.807) is 30.3 Å². The summed E-state index contributed by atoms with van der Waals surface area (Å²) in [5.74, 6) is 0.670. The maximum Gasteiger partial charge on any atom is 0.242 e. The number of hydrogen-bond donors (Lipinski definition) is 2. The van der Waals surface area contributed by atoms with Crippen molar-refractivity contribution < 1.29 is 22.7 Å². The van der Waals surface area contributed by atoms with Gasteiger partial charge in [0, 0.05) is 11.8 Å². The number of anilines is 1. The molecule has 3 aromatic carbocycles. The molecule has 1 amide bonds. The zero-order valence-electron chi connectivity index (χ0n) is 15.7. The van der Waals surface area contributed by atoms with Gasteiger partial charge in [-0.05, 0) is 42.0 Å². The van der Waals surface area contributed by atoms with E-state index in [9.17, 15) is 13.2 Å². The molecule has 7 nitrogen and oxygen atoms in total. The van der Waals surface area contributed by atoms with Gasteiger partial charge in [0.1, 0.15) is 13.2 Å². The number of hydrogen-bond acceptors (Lipinski definition) is 5. The van der Waals surface area contributed by atoms with Crippen LogP contribution in [0.3, 0.4) is 0 Å². The van der Waals surface area contributed by atoms with Crippen molar-refractivity contribution in [3.05, 3.63) is 60.7 Å². The summed E-state index contributed by atoms with van der Waals surface area (Å²) >= 11 is 0. The summed E-state index contributed by atoms with van der Waals surface area (Å²) in [7, 11) is -3.86. The maximum atomic E-state index is 12.7. The fourth-order valence-electron chi connectivity index (χ4n) is 3.06. The lowest BCUT2D eigenvalue weighted by molar-refractivity contribution is -0.117. The van der Waals surface area contributed by atoms with Crippen LogP contribution in [0.1, 0.15) is 6.92 Å². The highest BCUT2D eigenvalue weighted by atomic mass is 32.2. The third-order valence-electron chi connectivity index (χ3n) is 4.57. The van der Waals surface area contributed by atoms with Crippen molar-refractivity contribution in [3.63, 3.8) is 0 Å². The van der Waals surface area contributed by atoms with Gasteiger partial charge < -0.3 is 14.8 Å². The van der Waals surface area contributed by atoms with Gasteiger partial charge in [-0.1, -0.05) is 30.3 Å². The van der Waals surface area contributed by atoms with Crippen molar-refractivity contribution >= 4 is 32.4 Å². The third-order valence-corrected chi connectivity index (χ3v) is 6.10. The van der Waals surface area contributed by atoms with E-state index in [0.29, 0.717) is 30.4 Å². The summed E-state index contributed by atoms with van der Waals surface area (Å²) in [6.07, 6.45) is 0. The molecule has 1 atom stereocenters. The van der Waals surface area contributed by atoms with Gasteiger partial charge in [-0.3, -0.25) is 4.79 Å². The molecule has 29 heavy (non-hydrogen) atoms. The number of benzene rings is 3. The molecule has 2 N–H and O–H groups in total. The summed E-state index contributed by atoms with van der Waals surface area (Å²) in [6, 6.07) is 16.4. The van der Waals surface area contributed by atoms with Gasteiger partial charge in [0.25, 0.3) is 0 Å². The Kier molecular flexibility index (Phi) is 5.12. The first-order valence-electron chi connectivity index (χ1n) is 9.14. The van der Waals surface area contributed by atoms with E-state index in [2.05, 4.69) is 10.0 Å². The lowest BCUT2D eigenvalue weighted by Gasteiger charge is -2.19. The minimum absolute atomic E-state index is 0.107. The Labute approximate surface area is 168 Å². The number of carbonyl (C=O) groups is 1. The van der Waals surface area contributed by atoms with Gasteiger partial charge in [0.15, 0.2) is 11.5 Å². The topological polar surface area (TPSA) is 93.7 Å². The largest absolute Gasteiger partial charge is 0.486 e. The summed E-state index contributed by atoms with van der Waals surface area (Å²) in [6.45, 7) is 2.41. The van der Waals surface area contributed by atoms with Crippen LogP contribution in [-0.4, -0.2) is 33.6 Å². The molecule has 1 aliphatic rings. The van der Waals surface area contributed by atoms with E-state index in [1.165, 1.54) is 13.0 Å². The second kappa shape index (κ2) is 7.73. The molecule has 0 saturated heterocycles. The standard InChI is InChI=1S/C21H20N2O5S/c1-14(21(24)22-17-7-9-19-20(13-17)28-11-10-27-19)23-29(25,26)18-8-6-15-4-2-3-5-16(15)12-18/h2-9,12-14,23H,10-11H2,1H3,(H,22,24)/t14-/m0/s1. The smallest absolute Gasteiger partial charge is 0.242 e. The Morgan fingerprint density at radius 1 is 0.931 bits per heavy atom. The predicted molar refractivity (Wildman–Crippen MR) is 110 cm³/mol. The Morgan fingerprint density at radius 3 is 2.45 bits per heavy atom. The fraction of sp³-hybridized carbons (Fsp3) is 0.190. The Hall–Kier alpha value is -3.10. The second-order valence-corrected chi connectivity index (χ2v) is 8.41. The molecular formula is C21H20N2O5S. The zero-order valence-corrected chi connectivity index (χ0v) is 16.5. The van der Waals surface area contributed by atoms with Crippen molar-refractivity contribution in [1.82, 2.24) is 4.72 Å². The molecule has 0 spiro atoms. The van der Waals surface area contributed by atoms with Crippen LogP contribution in [0.15, 0.2) is 65.6 Å². The second-order valence-electron chi connectivity index (χ2n) is 6.70. The predicted octanol–water partition coefficient (Wildman–Crippen LogP) is 2.92. The monoisotopic (exact) mass is 412 g/mol. The summed E-state index contributed by atoms with van der Waals surface area (Å²) in [5, 5.41) is 4.44. The van der Waals surface area contributed by atoms with Crippen LogP contribution in [0.2, 0.25) is 0 Å². The van der Waals surface area contributed by atoms with Gasteiger partial charge in [-0.25, -0.2) is 8.42 Å². The number of amides is 1. The van der Waals surface area contributed by atoms with Crippen LogP contribution in [0.4, 0.5) is 5.69 Å².